The highest BCUT2D eigenvalue weighted by Crippen LogP contribution is 2.12. The maximum Gasteiger partial charge on any atom is 0.119 e. The monoisotopic (exact) mass is 271 g/mol. The number of ether oxygens (including phenoxy) is 2. The second-order valence-electron chi connectivity index (χ2n) is 3.89. The molecule has 1 rings (SSSR count). The quantitative estimate of drug-likeness (QED) is 0.688. The van der Waals surface area contributed by atoms with E-state index in [0.717, 1.165) is 17.7 Å². The van der Waals surface area contributed by atoms with Crippen LogP contribution in [0.2, 0.25) is 0 Å². The van der Waals surface area contributed by atoms with Gasteiger partial charge in [-0.05, 0) is 24.1 Å². The Kier molecular flexibility index (Phi) is 7.64. The van der Waals surface area contributed by atoms with Crippen LogP contribution >= 0.6 is 0 Å². The van der Waals surface area contributed by atoms with Crippen molar-refractivity contribution in [1.29, 1.82) is 0 Å². The third kappa shape index (κ3) is 6.14. The van der Waals surface area contributed by atoms with Crippen LogP contribution in [0.25, 0.3) is 0 Å². The van der Waals surface area contributed by atoms with E-state index in [-0.39, 0.29) is 0 Å². The summed E-state index contributed by atoms with van der Waals surface area (Å²) in [7, 11) is 0.807. The van der Waals surface area contributed by atoms with Gasteiger partial charge in [-0.25, -0.2) is 0 Å². The lowest BCUT2D eigenvalue weighted by atomic mass is 10.2. The standard InChI is InChI=1S/C13H21NO3S/c1-16-7-9-18(15)8-3-6-17-13-5-2-4-12(10-13)11-14/h2,4-5,10H,3,6-9,11,14H2,1H3. The van der Waals surface area contributed by atoms with Crippen molar-refractivity contribution >= 4 is 10.8 Å². The minimum Gasteiger partial charge on any atom is -0.494 e. The van der Waals surface area contributed by atoms with Crippen molar-refractivity contribution in [2.45, 2.75) is 13.0 Å². The molecule has 0 amide bonds. The van der Waals surface area contributed by atoms with Crippen LogP contribution in [0.3, 0.4) is 0 Å². The third-order valence-corrected chi connectivity index (χ3v) is 3.80. The van der Waals surface area contributed by atoms with Gasteiger partial charge < -0.3 is 15.2 Å². The van der Waals surface area contributed by atoms with E-state index < -0.39 is 10.8 Å². The fraction of sp³-hybridized carbons (Fsp3) is 0.538. The van der Waals surface area contributed by atoms with E-state index in [2.05, 4.69) is 0 Å². The van der Waals surface area contributed by atoms with Gasteiger partial charge in [0.05, 0.1) is 13.2 Å². The van der Waals surface area contributed by atoms with Crippen molar-refractivity contribution in [3.63, 3.8) is 0 Å². The molecule has 5 heteroatoms. The van der Waals surface area contributed by atoms with Crippen molar-refractivity contribution in [3.8, 4) is 5.75 Å². The molecule has 0 aliphatic carbocycles. The molecule has 0 spiro atoms. The Morgan fingerprint density at radius 2 is 2.11 bits per heavy atom. The largest absolute Gasteiger partial charge is 0.494 e. The molecule has 0 bridgehead atoms. The van der Waals surface area contributed by atoms with Crippen LogP contribution in [0, 0.1) is 0 Å². The number of rotatable bonds is 9. The van der Waals surface area contributed by atoms with Gasteiger partial charge in [0.2, 0.25) is 0 Å². The first-order valence-corrected chi connectivity index (χ1v) is 7.50. The fourth-order valence-corrected chi connectivity index (χ4v) is 2.45. The Morgan fingerprint density at radius 3 is 2.83 bits per heavy atom. The summed E-state index contributed by atoms with van der Waals surface area (Å²) in [6, 6.07) is 7.73. The fourth-order valence-electron chi connectivity index (χ4n) is 1.45. The van der Waals surface area contributed by atoms with Gasteiger partial charge in [-0.2, -0.15) is 0 Å². The minimum atomic E-state index is -0.809. The molecular weight excluding hydrogens is 250 g/mol. The number of hydrogen-bond acceptors (Lipinski definition) is 4. The Bertz CT molecular complexity index is 371. The summed E-state index contributed by atoms with van der Waals surface area (Å²) < 4.78 is 21.9. The number of benzene rings is 1. The van der Waals surface area contributed by atoms with Crippen LogP contribution in [-0.4, -0.2) is 36.0 Å². The van der Waals surface area contributed by atoms with Gasteiger partial charge in [0.15, 0.2) is 0 Å². The predicted octanol–water partition coefficient (Wildman–Crippen LogP) is 1.31. The maximum atomic E-state index is 11.5. The van der Waals surface area contributed by atoms with Gasteiger partial charge in [0.1, 0.15) is 5.75 Å². The lowest BCUT2D eigenvalue weighted by Crippen LogP contribution is -2.10. The topological polar surface area (TPSA) is 61.5 Å². The average Bonchev–Trinajstić information content (AvgIpc) is 2.41. The zero-order valence-corrected chi connectivity index (χ0v) is 11.6. The first-order valence-electron chi connectivity index (χ1n) is 6.02. The molecule has 1 aromatic rings. The van der Waals surface area contributed by atoms with Crippen LogP contribution in [-0.2, 0) is 22.1 Å². The summed E-state index contributed by atoms with van der Waals surface area (Å²) in [5, 5.41) is 0. The van der Waals surface area contributed by atoms with Gasteiger partial charge in [-0.15, -0.1) is 0 Å². The Hall–Kier alpha value is -0.910. The molecule has 1 atom stereocenters. The summed E-state index contributed by atoms with van der Waals surface area (Å²) >= 11 is 0. The van der Waals surface area contributed by atoms with Gasteiger partial charge in [-0.1, -0.05) is 12.1 Å². The smallest absolute Gasteiger partial charge is 0.119 e. The normalized spacial score (nSPS) is 12.3. The van der Waals surface area contributed by atoms with E-state index in [1.54, 1.807) is 7.11 Å². The van der Waals surface area contributed by atoms with E-state index in [0.29, 0.717) is 31.3 Å². The summed E-state index contributed by atoms with van der Waals surface area (Å²) in [6.45, 7) is 1.64. The molecule has 0 saturated carbocycles. The number of methoxy groups -OCH3 is 1. The van der Waals surface area contributed by atoms with E-state index in [1.807, 2.05) is 24.3 Å². The van der Waals surface area contributed by atoms with Crippen molar-refractivity contribution < 1.29 is 13.7 Å². The molecule has 2 N–H and O–H groups in total. The highest BCUT2D eigenvalue weighted by atomic mass is 32.2. The van der Waals surface area contributed by atoms with Crippen molar-refractivity contribution in [2.75, 3.05) is 31.8 Å². The molecular formula is C13H21NO3S. The molecule has 0 radical (unpaired) electrons. The molecule has 0 heterocycles. The summed E-state index contributed by atoms with van der Waals surface area (Å²) in [5.74, 6) is 2.07. The predicted molar refractivity (Wildman–Crippen MR) is 74.2 cm³/mol. The molecule has 0 aliphatic heterocycles. The van der Waals surface area contributed by atoms with Crippen molar-refractivity contribution in [1.82, 2.24) is 0 Å². The molecule has 1 unspecified atom stereocenters. The zero-order valence-electron chi connectivity index (χ0n) is 10.8. The van der Waals surface area contributed by atoms with E-state index in [9.17, 15) is 4.21 Å². The number of nitrogens with two attached hydrogens (primary N) is 1. The highest BCUT2D eigenvalue weighted by molar-refractivity contribution is 7.84. The molecule has 0 saturated heterocycles. The van der Waals surface area contributed by atoms with E-state index >= 15 is 0 Å². The van der Waals surface area contributed by atoms with E-state index in [4.69, 9.17) is 15.2 Å². The van der Waals surface area contributed by atoms with Gasteiger partial charge in [0.25, 0.3) is 0 Å². The molecule has 0 aromatic heterocycles. The lowest BCUT2D eigenvalue weighted by molar-refractivity contribution is 0.218. The molecule has 0 aliphatic rings. The zero-order chi connectivity index (χ0) is 13.2. The van der Waals surface area contributed by atoms with Gasteiger partial charge in [0, 0.05) is 36.0 Å². The molecule has 4 nitrogen and oxygen atoms in total. The Balaban J connectivity index is 2.19. The Morgan fingerprint density at radius 1 is 1.28 bits per heavy atom. The molecule has 0 fully saturated rings. The SMILES string of the molecule is COCCS(=O)CCCOc1cccc(CN)c1. The summed E-state index contributed by atoms with van der Waals surface area (Å²) in [6.07, 6.45) is 0.781. The van der Waals surface area contributed by atoms with Gasteiger partial charge in [-0.3, -0.25) is 4.21 Å². The first kappa shape index (κ1) is 15.1. The number of hydrogen-bond donors (Lipinski definition) is 1. The highest BCUT2D eigenvalue weighted by Gasteiger charge is 2.00. The molecule has 18 heavy (non-hydrogen) atoms. The second-order valence-corrected chi connectivity index (χ2v) is 5.59. The minimum absolute atomic E-state index is 0.512. The van der Waals surface area contributed by atoms with Crippen LogP contribution in [0.15, 0.2) is 24.3 Å². The van der Waals surface area contributed by atoms with Crippen LogP contribution < -0.4 is 10.5 Å². The van der Waals surface area contributed by atoms with Gasteiger partial charge >= 0.3 is 0 Å². The van der Waals surface area contributed by atoms with Crippen molar-refractivity contribution in [3.05, 3.63) is 29.8 Å². The third-order valence-electron chi connectivity index (χ3n) is 2.43. The first-order chi connectivity index (χ1) is 8.76. The Labute approximate surface area is 111 Å². The maximum absolute atomic E-state index is 11.5. The summed E-state index contributed by atoms with van der Waals surface area (Å²) in [4.78, 5) is 0. The molecule has 102 valence electrons. The van der Waals surface area contributed by atoms with E-state index in [1.165, 1.54) is 0 Å². The van der Waals surface area contributed by atoms with Crippen LogP contribution in [0.5, 0.6) is 5.75 Å². The second kappa shape index (κ2) is 9.08. The van der Waals surface area contributed by atoms with Crippen molar-refractivity contribution in [2.24, 2.45) is 5.73 Å². The van der Waals surface area contributed by atoms with Crippen LogP contribution in [0.4, 0.5) is 0 Å². The van der Waals surface area contributed by atoms with Crippen LogP contribution in [0.1, 0.15) is 12.0 Å². The average molecular weight is 271 g/mol. The summed E-state index contributed by atoms with van der Waals surface area (Å²) in [5.41, 5.74) is 6.60. The lowest BCUT2D eigenvalue weighted by Gasteiger charge is -2.07. The molecule has 1 aromatic carbocycles.